The minimum absolute atomic E-state index is 0.00986. The molecule has 5 nitrogen and oxygen atoms in total. The maximum Gasteiger partial charge on any atom is 0.317 e. The van der Waals surface area contributed by atoms with E-state index in [1.165, 1.54) is 0 Å². The highest BCUT2D eigenvalue weighted by atomic mass is 16.5. The zero-order valence-corrected chi connectivity index (χ0v) is 7.90. The number of hydrogen-bond acceptors (Lipinski definition) is 4. The van der Waals surface area contributed by atoms with Crippen LogP contribution in [0.4, 0.5) is 0 Å². The van der Waals surface area contributed by atoms with E-state index in [0.29, 0.717) is 13.1 Å². The molecule has 0 aromatic carbocycles. The molecule has 0 radical (unpaired) electrons. The molecule has 0 amide bonds. The van der Waals surface area contributed by atoms with Crippen molar-refractivity contribution in [3.8, 4) is 0 Å². The van der Waals surface area contributed by atoms with Crippen LogP contribution in [0, 0.1) is 0 Å². The van der Waals surface area contributed by atoms with Crippen molar-refractivity contribution >= 4 is 5.97 Å². The fraction of sp³-hybridized carbons (Fsp3) is 0.875. The highest BCUT2D eigenvalue weighted by Crippen LogP contribution is 2.14. The van der Waals surface area contributed by atoms with Crippen molar-refractivity contribution in [2.45, 2.75) is 12.2 Å². The second-order valence-corrected chi connectivity index (χ2v) is 3.14. The SMILES string of the molecule is CO[C@H]1CN(CC(=O)O)C[C@H]1OC. The lowest BCUT2D eigenvalue weighted by molar-refractivity contribution is -0.138. The van der Waals surface area contributed by atoms with Crippen LogP contribution in [-0.2, 0) is 14.3 Å². The third-order valence-electron chi connectivity index (χ3n) is 2.26. The molecule has 0 saturated carbocycles. The number of carboxylic acids is 1. The maximum atomic E-state index is 10.4. The molecule has 1 aliphatic heterocycles. The molecular weight excluding hydrogens is 174 g/mol. The average Bonchev–Trinajstić information content (AvgIpc) is 2.45. The van der Waals surface area contributed by atoms with Crippen molar-refractivity contribution in [2.75, 3.05) is 33.9 Å². The molecule has 1 fully saturated rings. The van der Waals surface area contributed by atoms with Crippen molar-refractivity contribution < 1.29 is 19.4 Å². The summed E-state index contributed by atoms with van der Waals surface area (Å²) < 4.78 is 10.3. The minimum Gasteiger partial charge on any atom is -0.480 e. The first-order valence-corrected chi connectivity index (χ1v) is 4.17. The predicted octanol–water partition coefficient (Wildman–Crippen LogP) is -0.583. The molecule has 0 aromatic rings. The quantitative estimate of drug-likeness (QED) is 0.641. The Kier molecular flexibility index (Phi) is 3.65. The average molecular weight is 189 g/mol. The summed E-state index contributed by atoms with van der Waals surface area (Å²) in [5, 5.41) is 8.57. The fourth-order valence-corrected chi connectivity index (χ4v) is 1.59. The van der Waals surface area contributed by atoms with Crippen molar-refractivity contribution in [2.24, 2.45) is 0 Å². The number of aliphatic carboxylic acids is 1. The molecule has 1 N–H and O–H groups in total. The Bertz CT molecular complexity index is 173. The lowest BCUT2D eigenvalue weighted by atomic mass is 10.3. The number of ether oxygens (including phenoxy) is 2. The number of nitrogens with zero attached hydrogens (tertiary/aromatic N) is 1. The Morgan fingerprint density at radius 1 is 1.38 bits per heavy atom. The molecule has 76 valence electrons. The van der Waals surface area contributed by atoms with Crippen LogP contribution >= 0.6 is 0 Å². The normalized spacial score (nSPS) is 29.4. The van der Waals surface area contributed by atoms with Crippen LogP contribution in [0.25, 0.3) is 0 Å². The van der Waals surface area contributed by atoms with Crippen LogP contribution in [0.3, 0.4) is 0 Å². The minimum atomic E-state index is -0.813. The molecule has 5 heteroatoms. The molecule has 1 rings (SSSR count). The largest absolute Gasteiger partial charge is 0.480 e. The molecule has 0 unspecified atom stereocenters. The van der Waals surface area contributed by atoms with Gasteiger partial charge in [0.2, 0.25) is 0 Å². The Morgan fingerprint density at radius 3 is 2.15 bits per heavy atom. The van der Waals surface area contributed by atoms with E-state index in [2.05, 4.69) is 0 Å². The monoisotopic (exact) mass is 189 g/mol. The summed E-state index contributed by atoms with van der Waals surface area (Å²) in [6, 6.07) is 0. The van der Waals surface area contributed by atoms with Gasteiger partial charge >= 0.3 is 5.97 Å². The standard InChI is InChI=1S/C8H15NO4/c1-12-6-3-9(5-8(10)11)4-7(6)13-2/h6-7H,3-5H2,1-2H3,(H,10,11)/t6-,7+. The van der Waals surface area contributed by atoms with E-state index in [-0.39, 0.29) is 18.8 Å². The summed E-state index contributed by atoms with van der Waals surface area (Å²) in [7, 11) is 3.22. The predicted molar refractivity (Wildman–Crippen MR) is 45.7 cm³/mol. The summed E-state index contributed by atoms with van der Waals surface area (Å²) in [6.45, 7) is 1.31. The van der Waals surface area contributed by atoms with E-state index < -0.39 is 5.97 Å². The van der Waals surface area contributed by atoms with Crippen LogP contribution in [0.2, 0.25) is 0 Å². The Morgan fingerprint density at radius 2 is 1.85 bits per heavy atom. The van der Waals surface area contributed by atoms with Gasteiger partial charge in [0.15, 0.2) is 0 Å². The second-order valence-electron chi connectivity index (χ2n) is 3.14. The lowest BCUT2D eigenvalue weighted by Crippen LogP contribution is -2.28. The highest BCUT2D eigenvalue weighted by molar-refractivity contribution is 5.69. The van der Waals surface area contributed by atoms with E-state index in [9.17, 15) is 4.79 Å². The summed E-state index contributed by atoms with van der Waals surface area (Å²) in [5.41, 5.74) is 0. The number of hydrogen-bond donors (Lipinski definition) is 1. The van der Waals surface area contributed by atoms with E-state index in [1.807, 2.05) is 4.90 Å². The summed E-state index contributed by atoms with van der Waals surface area (Å²) in [5.74, 6) is -0.813. The number of carboxylic acid groups (broad SMARTS) is 1. The van der Waals surface area contributed by atoms with Crippen LogP contribution < -0.4 is 0 Å². The molecule has 13 heavy (non-hydrogen) atoms. The van der Waals surface area contributed by atoms with Gasteiger partial charge in [0.25, 0.3) is 0 Å². The summed E-state index contributed by atoms with van der Waals surface area (Å²) in [4.78, 5) is 12.2. The highest BCUT2D eigenvalue weighted by Gasteiger charge is 2.33. The number of carbonyl (C=O) groups is 1. The van der Waals surface area contributed by atoms with Gasteiger partial charge < -0.3 is 14.6 Å². The first-order valence-electron chi connectivity index (χ1n) is 4.17. The molecule has 1 aliphatic rings. The van der Waals surface area contributed by atoms with Gasteiger partial charge in [-0.1, -0.05) is 0 Å². The zero-order chi connectivity index (χ0) is 9.84. The lowest BCUT2D eigenvalue weighted by Gasteiger charge is -2.13. The van der Waals surface area contributed by atoms with Crippen LogP contribution in [0.15, 0.2) is 0 Å². The smallest absolute Gasteiger partial charge is 0.317 e. The van der Waals surface area contributed by atoms with Crippen molar-refractivity contribution in [3.05, 3.63) is 0 Å². The first-order chi connectivity index (χ1) is 6.17. The van der Waals surface area contributed by atoms with Gasteiger partial charge in [-0.25, -0.2) is 0 Å². The van der Waals surface area contributed by atoms with Gasteiger partial charge in [0.05, 0.1) is 18.8 Å². The van der Waals surface area contributed by atoms with E-state index >= 15 is 0 Å². The first kappa shape index (κ1) is 10.4. The Labute approximate surface area is 77.2 Å². The van der Waals surface area contributed by atoms with Gasteiger partial charge in [0.1, 0.15) is 0 Å². The third-order valence-corrected chi connectivity index (χ3v) is 2.26. The van der Waals surface area contributed by atoms with Crippen LogP contribution in [0.5, 0.6) is 0 Å². The fourth-order valence-electron chi connectivity index (χ4n) is 1.59. The van der Waals surface area contributed by atoms with Crippen molar-refractivity contribution in [3.63, 3.8) is 0 Å². The summed E-state index contributed by atoms with van der Waals surface area (Å²) in [6.07, 6.45) is -0.0197. The zero-order valence-electron chi connectivity index (χ0n) is 7.90. The summed E-state index contributed by atoms with van der Waals surface area (Å²) >= 11 is 0. The molecule has 1 heterocycles. The van der Waals surface area contributed by atoms with Gasteiger partial charge in [-0.2, -0.15) is 0 Å². The molecule has 0 aliphatic carbocycles. The second kappa shape index (κ2) is 4.55. The van der Waals surface area contributed by atoms with Gasteiger partial charge in [0, 0.05) is 27.3 Å². The van der Waals surface area contributed by atoms with Gasteiger partial charge in [-0.3, -0.25) is 9.69 Å². The van der Waals surface area contributed by atoms with Crippen molar-refractivity contribution in [1.82, 2.24) is 4.90 Å². The van der Waals surface area contributed by atoms with E-state index in [4.69, 9.17) is 14.6 Å². The molecule has 2 atom stereocenters. The van der Waals surface area contributed by atoms with Crippen molar-refractivity contribution in [1.29, 1.82) is 0 Å². The number of methoxy groups -OCH3 is 2. The molecule has 0 aromatic heterocycles. The van der Waals surface area contributed by atoms with Crippen LogP contribution in [0.1, 0.15) is 0 Å². The Balaban J connectivity index is 2.43. The van der Waals surface area contributed by atoms with Gasteiger partial charge in [-0.05, 0) is 0 Å². The topological polar surface area (TPSA) is 59.0 Å². The number of likely N-dealkylation sites (tertiary alicyclic amines) is 1. The van der Waals surface area contributed by atoms with E-state index in [1.54, 1.807) is 14.2 Å². The molecular formula is C8H15NO4. The molecule has 0 spiro atoms. The molecule has 0 bridgehead atoms. The van der Waals surface area contributed by atoms with Crippen LogP contribution in [-0.4, -0.2) is 62.0 Å². The maximum absolute atomic E-state index is 10.4. The van der Waals surface area contributed by atoms with Gasteiger partial charge in [-0.15, -0.1) is 0 Å². The Hall–Kier alpha value is -0.650. The van der Waals surface area contributed by atoms with E-state index in [0.717, 1.165) is 0 Å². The third kappa shape index (κ3) is 2.65. The molecule has 1 saturated heterocycles. The number of rotatable bonds is 4.